The first-order valence-electron chi connectivity index (χ1n) is 9.21. The molecule has 8 heteroatoms. The molecule has 150 valence electrons. The molecule has 0 atom stereocenters. The molecule has 1 amide bonds. The van der Waals surface area contributed by atoms with Crippen molar-refractivity contribution in [1.82, 2.24) is 10.2 Å². The Labute approximate surface area is 164 Å². The number of para-hydroxylation sites is 1. The zero-order valence-corrected chi connectivity index (χ0v) is 16.2. The molecule has 0 fully saturated rings. The van der Waals surface area contributed by atoms with E-state index in [1.807, 2.05) is 24.3 Å². The van der Waals surface area contributed by atoms with E-state index in [4.69, 9.17) is 10.5 Å². The Bertz CT molecular complexity index is 822. The lowest BCUT2D eigenvalue weighted by molar-refractivity contribution is -0.383. The zero-order chi connectivity index (χ0) is 20.5. The highest BCUT2D eigenvalue weighted by Crippen LogP contribution is 2.22. The van der Waals surface area contributed by atoms with E-state index in [1.54, 1.807) is 0 Å². The summed E-state index contributed by atoms with van der Waals surface area (Å²) in [5.74, 6) is 0.291. The predicted octanol–water partition coefficient (Wildman–Crippen LogP) is 2.83. The van der Waals surface area contributed by atoms with Gasteiger partial charge >= 0.3 is 0 Å². The van der Waals surface area contributed by atoms with Crippen molar-refractivity contribution in [3.63, 3.8) is 0 Å². The molecular formula is C20H26N4O4. The van der Waals surface area contributed by atoms with E-state index in [1.165, 1.54) is 18.2 Å². The average Bonchev–Trinajstić information content (AvgIpc) is 2.70. The molecule has 0 bridgehead atoms. The molecule has 0 spiro atoms. The first-order valence-corrected chi connectivity index (χ1v) is 9.21. The van der Waals surface area contributed by atoms with Crippen LogP contribution in [0.4, 0.5) is 11.4 Å². The Kier molecular flexibility index (Phi) is 7.76. The smallest absolute Gasteiger partial charge is 0.292 e. The number of nitrogens with one attached hydrogen (secondary N) is 1. The molecule has 0 aliphatic carbocycles. The Morgan fingerprint density at radius 2 is 1.93 bits per heavy atom. The van der Waals surface area contributed by atoms with Crippen LogP contribution in [0.15, 0.2) is 42.5 Å². The van der Waals surface area contributed by atoms with Crippen molar-refractivity contribution in [2.75, 3.05) is 32.0 Å². The lowest BCUT2D eigenvalue weighted by Gasteiger charge is -2.19. The number of nitrogen functional groups attached to an aromatic ring is 1. The van der Waals surface area contributed by atoms with Crippen molar-refractivity contribution >= 4 is 17.3 Å². The van der Waals surface area contributed by atoms with E-state index < -0.39 is 10.8 Å². The normalized spacial score (nSPS) is 10.7. The number of nitrogens with two attached hydrogens (primary N) is 1. The SMILES string of the molecule is CCN(CC)CCOc1ccccc1CNC(=O)c1ccc(N)c([N+](=O)[O-])c1. The summed E-state index contributed by atoms with van der Waals surface area (Å²) in [6, 6.07) is 11.5. The standard InChI is InChI=1S/C20H26N4O4/c1-3-23(4-2)11-12-28-19-8-6-5-7-16(19)14-22-20(25)15-9-10-17(21)18(13-15)24(26)27/h5-10,13H,3-4,11-12,14,21H2,1-2H3,(H,22,25). The fraction of sp³-hybridized carbons (Fsp3) is 0.350. The third-order valence-corrected chi connectivity index (χ3v) is 4.46. The molecule has 0 unspecified atom stereocenters. The quantitative estimate of drug-likeness (QED) is 0.369. The third-order valence-electron chi connectivity index (χ3n) is 4.46. The number of hydrogen-bond acceptors (Lipinski definition) is 6. The molecule has 2 rings (SSSR count). The molecule has 2 aromatic carbocycles. The molecule has 3 N–H and O–H groups in total. The highest BCUT2D eigenvalue weighted by molar-refractivity contribution is 5.95. The van der Waals surface area contributed by atoms with E-state index in [2.05, 4.69) is 24.1 Å². The second kappa shape index (κ2) is 10.3. The highest BCUT2D eigenvalue weighted by Gasteiger charge is 2.16. The average molecular weight is 386 g/mol. The van der Waals surface area contributed by atoms with Gasteiger partial charge in [-0.1, -0.05) is 32.0 Å². The molecule has 0 radical (unpaired) electrons. The van der Waals surface area contributed by atoms with Gasteiger partial charge in [-0.05, 0) is 31.3 Å². The van der Waals surface area contributed by atoms with Gasteiger partial charge in [0.05, 0.1) is 4.92 Å². The van der Waals surface area contributed by atoms with Crippen LogP contribution in [-0.4, -0.2) is 42.0 Å². The number of nitrogens with zero attached hydrogens (tertiary/aromatic N) is 2. The second-order valence-corrected chi connectivity index (χ2v) is 6.20. The van der Waals surface area contributed by atoms with E-state index >= 15 is 0 Å². The molecule has 0 aliphatic heterocycles. The lowest BCUT2D eigenvalue weighted by atomic mass is 10.1. The minimum atomic E-state index is -0.606. The summed E-state index contributed by atoms with van der Waals surface area (Å²) in [6.45, 7) is 7.76. The second-order valence-electron chi connectivity index (χ2n) is 6.20. The summed E-state index contributed by atoms with van der Waals surface area (Å²) in [5, 5.41) is 13.8. The fourth-order valence-electron chi connectivity index (χ4n) is 2.74. The molecule has 0 aliphatic rings. The Morgan fingerprint density at radius 1 is 1.21 bits per heavy atom. The zero-order valence-electron chi connectivity index (χ0n) is 16.2. The number of carbonyl (C=O) groups excluding carboxylic acids is 1. The predicted molar refractivity (Wildman–Crippen MR) is 108 cm³/mol. The Morgan fingerprint density at radius 3 is 2.61 bits per heavy atom. The van der Waals surface area contributed by atoms with Crippen molar-refractivity contribution < 1.29 is 14.5 Å². The minimum absolute atomic E-state index is 0.0218. The van der Waals surface area contributed by atoms with Crippen molar-refractivity contribution in [3.8, 4) is 5.75 Å². The van der Waals surface area contributed by atoms with Crippen LogP contribution >= 0.6 is 0 Å². The monoisotopic (exact) mass is 386 g/mol. The van der Waals surface area contributed by atoms with E-state index in [0.717, 1.165) is 25.2 Å². The summed E-state index contributed by atoms with van der Waals surface area (Å²) in [4.78, 5) is 25.0. The summed E-state index contributed by atoms with van der Waals surface area (Å²) in [7, 11) is 0. The Hall–Kier alpha value is -3.13. The number of carbonyl (C=O) groups is 1. The van der Waals surface area contributed by atoms with Crippen molar-refractivity contribution in [1.29, 1.82) is 0 Å². The largest absolute Gasteiger partial charge is 0.492 e. The van der Waals surface area contributed by atoms with Gasteiger partial charge < -0.3 is 20.7 Å². The maximum absolute atomic E-state index is 12.4. The van der Waals surface area contributed by atoms with Gasteiger partial charge in [-0.2, -0.15) is 0 Å². The number of amides is 1. The van der Waals surface area contributed by atoms with Crippen molar-refractivity contribution in [2.45, 2.75) is 20.4 Å². The van der Waals surface area contributed by atoms with Crippen molar-refractivity contribution in [2.24, 2.45) is 0 Å². The van der Waals surface area contributed by atoms with Crippen molar-refractivity contribution in [3.05, 3.63) is 63.7 Å². The van der Waals surface area contributed by atoms with Gasteiger partial charge in [0.15, 0.2) is 0 Å². The van der Waals surface area contributed by atoms with Gasteiger partial charge in [-0.25, -0.2) is 0 Å². The third kappa shape index (κ3) is 5.68. The molecule has 28 heavy (non-hydrogen) atoms. The van der Waals surface area contributed by atoms with E-state index in [0.29, 0.717) is 12.4 Å². The van der Waals surface area contributed by atoms with Gasteiger partial charge in [0.1, 0.15) is 18.0 Å². The number of nitro benzene ring substituents is 1. The molecule has 0 saturated heterocycles. The van der Waals surface area contributed by atoms with Crippen LogP contribution < -0.4 is 15.8 Å². The summed E-state index contributed by atoms with van der Waals surface area (Å²) in [6.07, 6.45) is 0. The fourth-order valence-corrected chi connectivity index (χ4v) is 2.74. The lowest BCUT2D eigenvalue weighted by Crippen LogP contribution is -2.28. The van der Waals surface area contributed by atoms with Crippen LogP contribution in [0.1, 0.15) is 29.8 Å². The van der Waals surface area contributed by atoms with Gasteiger partial charge in [0, 0.05) is 30.3 Å². The van der Waals surface area contributed by atoms with Crippen LogP contribution in [0.25, 0.3) is 0 Å². The number of likely N-dealkylation sites (N-methyl/N-ethyl adjacent to an activating group) is 1. The van der Waals surface area contributed by atoms with Crippen LogP contribution in [0.5, 0.6) is 5.75 Å². The van der Waals surface area contributed by atoms with Crippen LogP contribution in [0.2, 0.25) is 0 Å². The highest BCUT2D eigenvalue weighted by atomic mass is 16.6. The van der Waals surface area contributed by atoms with Crippen LogP contribution in [-0.2, 0) is 6.54 Å². The van der Waals surface area contributed by atoms with Crippen LogP contribution in [0.3, 0.4) is 0 Å². The first-order chi connectivity index (χ1) is 13.5. The summed E-state index contributed by atoms with van der Waals surface area (Å²) < 4.78 is 5.88. The number of hydrogen-bond donors (Lipinski definition) is 2. The van der Waals surface area contributed by atoms with Gasteiger partial charge in [-0.15, -0.1) is 0 Å². The van der Waals surface area contributed by atoms with Crippen LogP contribution in [0, 0.1) is 10.1 Å². The number of rotatable bonds is 10. The van der Waals surface area contributed by atoms with Gasteiger partial charge in [-0.3, -0.25) is 14.9 Å². The Balaban J connectivity index is 2.00. The first kappa shape index (κ1) is 21.2. The molecule has 8 nitrogen and oxygen atoms in total. The molecular weight excluding hydrogens is 360 g/mol. The van der Waals surface area contributed by atoms with E-state index in [9.17, 15) is 14.9 Å². The minimum Gasteiger partial charge on any atom is -0.492 e. The maximum Gasteiger partial charge on any atom is 0.292 e. The molecule has 0 saturated carbocycles. The molecule has 2 aromatic rings. The molecule has 0 heterocycles. The molecule has 0 aromatic heterocycles. The number of nitro groups is 1. The van der Waals surface area contributed by atoms with Gasteiger partial charge in [0.2, 0.25) is 0 Å². The number of anilines is 1. The topological polar surface area (TPSA) is 111 Å². The summed E-state index contributed by atoms with van der Waals surface area (Å²) in [5.41, 5.74) is 6.32. The van der Waals surface area contributed by atoms with Gasteiger partial charge in [0.25, 0.3) is 11.6 Å². The maximum atomic E-state index is 12.4. The summed E-state index contributed by atoms with van der Waals surface area (Å²) >= 11 is 0. The number of ether oxygens (including phenoxy) is 1. The van der Waals surface area contributed by atoms with E-state index in [-0.39, 0.29) is 23.5 Å². The number of benzene rings is 2.